The number of aliphatic hydroxyl groups excluding tert-OH is 1. The van der Waals surface area contributed by atoms with Gasteiger partial charge in [0.25, 0.3) is 0 Å². The zero-order valence-corrected chi connectivity index (χ0v) is 59.6. The summed E-state index contributed by atoms with van der Waals surface area (Å²) in [4.78, 5) is 75.8. The Morgan fingerprint density at radius 2 is 0.871 bits per heavy atom. The number of hydrogen-bond donors (Lipinski definition) is 7. The van der Waals surface area contributed by atoms with Gasteiger partial charge >= 0.3 is 23.9 Å². The first kappa shape index (κ1) is 75.3. The predicted octanol–water partition coefficient (Wildman–Crippen LogP) is 9.94. The maximum Gasteiger partial charge on any atom is 0.340 e. The normalized spacial score (nSPS) is 12.8. The largest absolute Gasteiger partial charge is 0.461 e. The first-order valence-corrected chi connectivity index (χ1v) is 35.0. The van der Waals surface area contributed by atoms with Crippen molar-refractivity contribution < 1.29 is 61.5 Å². The average molecular weight is 1370 g/mol. The Balaban J connectivity index is 1.20. The molecule has 0 fully saturated rings. The molecule has 1 unspecified atom stereocenters. The van der Waals surface area contributed by atoms with E-state index in [9.17, 15) is 19.5 Å². The number of allylic oxidation sites excluding steroid dienone is 9. The standard InChI is InChI=1S/C80H99N12O9/c1-53(2)11-8-12-54(3)13-9-14-55(4)15-10-16-73(93)76-57(6)66-47-72-78(80(97)101-52-62-27-39-92(40-28-62)44-32-84)64(18-20-75(95)99-50-60-23-35-90(36-24-60)42-30-82)69(88-72)48-68-63(17-19-74(94)98-49-59-21-33-89(34-22-59)41-29-81)56(5)65(85-68)45-71-77(58(7)67(87-71)46-70(76)86-66)79(96)100-51-61-25-37-91(38-26-61)43-31-83/h11,13,15,21-28,33-40,45-48,73,93H,8-10,12,14,16-20,29-32,41-44,49-52,81-84H2,1-7H3,(H-,85,86,87,88,96,97)/q+3/p+1/b54-13+,55-15+,65-45?,66-47?,67-46?,68-48?,69-48?,70-46?,71-45?,72-47?. The molecular formula is C80H100N12O9+4. The Morgan fingerprint density at radius 1 is 0.475 bits per heavy atom. The maximum atomic E-state index is 15.3. The van der Waals surface area contributed by atoms with Gasteiger partial charge in [-0.2, -0.15) is 0 Å². The molecule has 0 saturated carbocycles. The van der Waals surface area contributed by atoms with Gasteiger partial charge in [0.1, 0.15) is 26.4 Å². The minimum Gasteiger partial charge on any atom is -0.461 e. The van der Waals surface area contributed by atoms with Crippen molar-refractivity contribution >= 4 is 68.2 Å². The summed E-state index contributed by atoms with van der Waals surface area (Å²) in [5.41, 5.74) is 37.7. The highest BCUT2D eigenvalue weighted by molar-refractivity contribution is 6.05. The molecule has 7 aromatic rings. The highest BCUT2D eigenvalue weighted by Crippen LogP contribution is 2.39. The summed E-state index contributed by atoms with van der Waals surface area (Å²) in [6.07, 6.45) is 25.7. The van der Waals surface area contributed by atoms with Crippen molar-refractivity contribution in [2.45, 2.75) is 171 Å². The number of nitrogens with one attached hydrogen (secondary N) is 2. The number of aryl methyl sites for hydroxylation is 2. The fraction of sp³-hybridized carbons (Fsp3) is 0.375. The summed E-state index contributed by atoms with van der Waals surface area (Å²) in [6.45, 7) is 18.5. The van der Waals surface area contributed by atoms with Gasteiger partial charge in [0.15, 0.2) is 75.8 Å². The van der Waals surface area contributed by atoms with E-state index >= 15 is 4.79 Å². The summed E-state index contributed by atoms with van der Waals surface area (Å²) < 4.78 is 32.0. The summed E-state index contributed by atoms with van der Waals surface area (Å²) in [6, 6.07) is 22.3. The van der Waals surface area contributed by atoms with E-state index < -0.39 is 30.0 Å². The summed E-state index contributed by atoms with van der Waals surface area (Å²) >= 11 is 0. The molecule has 7 aromatic heterocycles. The van der Waals surface area contributed by atoms with E-state index in [1.165, 1.54) is 16.7 Å². The molecule has 0 aromatic carbocycles. The van der Waals surface area contributed by atoms with E-state index in [0.29, 0.717) is 143 Å². The number of H-pyrrole nitrogens is 2. The second-order valence-corrected chi connectivity index (χ2v) is 26.2. The van der Waals surface area contributed by atoms with Gasteiger partial charge in [-0.1, -0.05) is 34.9 Å². The molecule has 101 heavy (non-hydrogen) atoms. The Labute approximate surface area is 592 Å². The molecule has 8 bridgehead atoms. The Morgan fingerprint density at radius 3 is 1.36 bits per heavy atom. The van der Waals surface area contributed by atoms with Crippen LogP contribution in [0.4, 0.5) is 0 Å². The van der Waals surface area contributed by atoms with Gasteiger partial charge in [-0.25, -0.2) is 37.8 Å². The highest BCUT2D eigenvalue weighted by Gasteiger charge is 2.29. The molecule has 2 aliphatic rings. The second kappa shape index (κ2) is 37.0. The first-order chi connectivity index (χ1) is 48.8. The second-order valence-electron chi connectivity index (χ2n) is 26.2. The van der Waals surface area contributed by atoms with Crippen LogP contribution in [0.5, 0.6) is 0 Å². The van der Waals surface area contributed by atoms with Crippen LogP contribution in [0, 0.1) is 6.92 Å². The van der Waals surface area contributed by atoms with Gasteiger partial charge in [-0.05, 0) is 152 Å². The van der Waals surface area contributed by atoms with Crippen LogP contribution >= 0.6 is 0 Å². The van der Waals surface area contributed by atoms with Crippen molar-refractivity contribution in [2.75, 3.05) is 26.2 Å². The number of aliphatic hydroxyl groups is 1. The third-order valence-electron chi connectivity index (χ3n) is 18.2. The quantitative estimate of drug-likeness (QED) is 0.00854. The maximum absolute atomic E-state index is 15.3. The number of pyridine rings is 4. The lowest BCUT2D eigenvalue weighted by Gasteiger charge is -2.13. The molecule has 0 amide bonds. The van der Waals surface area contributed by atoms with Crippen LogP contribution in [0.1, 0.15) is 176 Å². The topological polar surface area (TPSA) is 302 Å². The molecule has 530 valence electrons. The molecule has 1 atom stereocenters. The number of hydrogen-bond acceptors (Lipinski definition) is 15. The number of carbonyl (C=O) groups is 4. The minimum absolute atomic E-state index is 0.00308. The number of aromatic nitrogens is 8. The molecule has 0 saturated heterocycles. The molecule has 11 N–H and O–H groups in total. The first-order valence-electron chi connectivity index (χ1n) is 35.0. The van der Waals surface area contributed by atoms with Gasteiger partial charge in [0.2, 0.25) is 0 Å². The van der Waals surface area contributed by atoms with Crippen LogP contribution in [0.2, 0.25) is 0 Å². The third-order valence-corrected chi connectivity index (χ3v) is 18.2. The minimum atomic E-state index is -1.01. The van der Waals surface area contributed by atoms with E-state index in [1.54, 1.807) is 12.1 Å². The fourth-order valence-electron chi connectivity index (χ4n) is 12.4. The van der Waals surface area contributed by atoms with Crippen LogP contribution in [0.25, 0.3) is 44.4 Å². The Kier molecular flexibility index (Phi) is 27.6. The van der Waals surface area contributed by atoms with Gasteiger partial charge in [-0.15, -0.1) is 0 Å². The zero-order valence-electron chi connectivity index (χ0n) is 59.6. The van der Waals surface area contributed by atoms with Crippen LogP contribution in [0.15, 0.2) is 157 Å². The van der Waals surface area contributed by atoms with Gasteiger partial charge in [0, 0.05) is 100 Å². The van der Waals surface area contributed by atoms with E-state index in [2.05, 4.69) is 55.9 Å². The number of ether oxygens (including phenoxy) is 4. The molecule has 0 aliphatic carbocycles. The lowest BCUT2D eigenvalue weighted by molar-refractivity contribution is -0.694. The number of nitrogens with two attached hydrogens (primary N) is 4. The Hall–Kier alpha value is -9.90. The van der Waals surface area contributed by atoms with Crippen molar-refractivity contribution in [3.05, 3.63) is 225 Å². The summed E-state index contributed by atoms with van der Waals surface area (Å²) in [7, 11) is 0. The van der Waals surface area contributed by atoms with Crippen molar-refractivity contribution in [2.24, 2.45) is 22.9 Å². The van der Waals surface area contributed by atoms with Gasteiger partial charge in [-0.3, -0.25) is 9.59 Å². The number of fused-ring (bicyclic) bond motifs is 8. The third kappa shape index (κ3) is 21.1. The van der Waals surface area contributed by atoms with E-state index in [0.717, 1.165) is 47.9 Å². The smallest absolute Gasteiger partial charge is 0.340 e. The fourth-order valence-corrected chi connectivity index (χ4v) is 12.4. The number of carbonyl (C=O) groups excluding carboxylic acids is 4. The lowest BCUT2D eigenvalue weighted by Crippen LogP contribution is -2.36. The van der Waals surface area contributed by atoms with E-state index in [1.807, 2.05) is 149 Å². The molecular weight excluding hydrogens is 1270 g/mol. The number of rotatable bonds is 34. The zero-order chi connectivity index (χ0) is 72.0. The van der Waals surface area contributed by atoms with Crippen molar-refractivity contribution in [3.63, 3.8) is 0 Å². The van der Waals surface area contributed by atoms with E-state index in [4.69, 9.17) is 51.9 Å². The SMILES string of the molecule is CC(C)=CCC/C(C)=C/CC/C(C)=C/CCC(O)C1=C(C)c2cc3[nH]c(cc4nc(cc5[nH]c(cc1n2)c(C)c5C(=O)OCc1cc[n+](CCN)cc1)C(C)=C4CCC(=O)OCc1cc[n+](CCN)cc1)c(CCC(=O)OCc1cc[n+](CCN)cc1)c3C(=O)OCc1cc[n+](CCN)cc1. The number of nitrogens with zero attached hydrogens (tertiary/aromatic N) is 6. The number of aromatic amines is 2. The van der Waals surface area contributed by atoms with Gasteiger partial charge < -0.3 is 57.0 Å². The van der Waals surface area contributed by atoms with Crippen LogP contribution in [-0.4, -0.2) is 81.2 Å². The van der Waals surface area contributed by atoms with Crippen LogP contribution in [-0.2, 0) is 87.6 Å². The van der Waals surface area contributed by atoms with Crippen molar-refractivity contribution in [3.8, 4) is 0 Å². The molecule has 21 nitrogen and oxygen atoms in total. The molecule has 2 aliphatic heterocycles. The molecule has 9 heterocycles. The Bertz CT molecular complexity index is 4410. The lowest BCUT2D eigenvalue weighted by atomic mass is 9.96. The number of esters is 4. The van der Waals surface area contributed by atoms with Crippen LogP contribution < -0.4 is 41.2 Å². The average Bonchev–Trinajstić information content (AvgIpc) is 1.61. The summed E-state index contributed by atoms with van der Waals surface area (Å²) in [5.74, 6) is -2.22. The highest BCUT2D eigenvalue weighted by atomic mass is 16.5. The predicted molar refractivity (Wildman–Crippen MR) is 390 cm³/mol. The molecule has 0 spiro atoms. The van der Waals surface area contributed by atoms with Crippen molar-refractivity contribution in [1.82, 2.24) is 19.9 Å². The van der Waals surface area contributed by atoms with Crippen LogP contribution in [0.3, 0.4) is 0 Å². The molecule has 21 heteroatoms. The summed E-state index contributed by atoms with van der Waals surface area (Å²) in [5, 5.41) is 12.6. The monoisotopic (exact) mass is 1370 g/mol. The molecule has 0 radical (unpaired) electrons. The molecule has 9 rings (SSSR count). The van der Waals surface area contributed by atoms with Gasteiger partial charge in [0.05, 0.1) is 77.2 Å². The van der Waals surface area contributed by atoms with E-state index in [-0.39, 0.29) is 63.2 Å². The van der Waals surface area contributed by atoms with Crippen molar-refractivity contribution in [1.29, 1.82) is 0 Å².